The zero-order chi connectivity index (χ0) is 22.7. The van der Waals surface area contributed by atoms with Crippen LogP contribution in [0.25, 0.3) is 22.4 Å². The molecule has 0 fully saturated rings. The summed E-state index contributed by atoms with van der Waals surface area (Å²) in [6.07, 6.45) is 0.826. The number of aromatic amines is 1. The number of H-pyrrole nitrogens is 1. The second-order valence-electron chi connectivity index (χ2n) is 7.72. The summed E-state index contributed by atoms with van der Waals surface area (Å²) < 4.78 is 12.7. The van der Waals surface area contributed by atoms with Gasteiger partial charge in [-0.05, 0) is 56.2 Å². The quantitative estimate of drug-likeness (QED) is 0.386. The Hall–Kier alpha value is -3.58. The molecular formula is C25H28N4O3. The van der Waals surface area contributed by atoms with Crippen molar-refractivity contribution in [3.05, 3.63) is 65.4 Å². The van der Waals surface area contributed by atoms with Gasteiger partial charge in [-0.1, -0.05) is 18.2 Å². The standard InChI is InChI=1S/C25H28N4O3/c1-16-17(2)29(13-8-14-31-3)24(28-25(30)18-9-7-10-19(15-18)32-4)22(16)23-26-20-11-5-6-12-21(20)27-23/h5-7,9-12,15H,8,13-14H2,1-4H3,(H,26,27)(H,28,30). The second kappa shape index (κ2) is 9.28. The van der Waals surface area contributed by atoms with Crippen LogP contribution >= 0.6 is 0 Å². The Morgan fingerprint density at radius 1 is 1.12 bits per heavy atom. The zero-order valence-electron chi connectivity index (χ0n) is 18.9. The minimum Gasteiger partial charge on any atom is -0.497 e. The van der Waals surface area contributed by atoms with Crippen LogP contribution in [0.15, 0.2) is 48.5 Å². The lowest BCUT2D eigenvalue weighted by molar-refractivity contribution is 0.102. The Morgan fingerprint density at radius 3 is 2.69 bits per heavy atom. The third-order valence-corrected chi connectivity index (χ3v) is 5.75. The summed E-state index contributed by atoms with van der Waals surface area (Å²) in [5.41, 5.74) is 5.42. The Labute approximate surface area is 187 Å². The molecule has 0 aliphatic rings. The van der Waals surface area contributed by atoms with Crippen molar-refractivity contribution in [1.29, 1.82) is 0 Å². The first-order valence-corrected chi connectivity index (χ1v) is 10.6. The molecule has 7 nitrogen and oxygen atoms in total. The van der Waals surface area contributed by atoms with Crippen LogP contribution in [0.4, 0.5) is 5.82 Å². The highest BCUT2D eigenvalue weighted by atomic mass is 16.5. The molecule has 0 bridgehead atoms. The highest BCUT2D eigenvalue weighted by Gasteiger charge is 2.23. The molecule has 2 aromatic heterocycles. The summed E-state index contributed by atoms with van der Waals surface area (Å²) in [5.74, 6) is 1.89. The van der Waals surface area contributed by atoms with Crippen molar-refractivity contribution in [2.45, 2.75) is 26.8 Å². The zero-order valence-corrected chi connectivity index (χ0v) is 18.9. The van der Waals surface area contributed by atoms with E-state index in [1.165, 1.54) is 0 Å². The number of carbonyl (C=O) groups is 1. The third kappa shape index (κ3) is 4.11. The van der Waals surface area contributed by atoms with Gasteiger partial charge in [0.05, 0.1) is 23.7 Å². The average molecular weight is 433 g/mol. The summed E-state index contributed by atoms with van der Waals surface area (Å²) in [4.78, 5) is 21.4. The number of benzene rings is 2. The number of para-hydroxylation sites is 2. The van der Waals surface area contributed by atoms with Crippen LogP contribution in [0.1, 0.15) is 28.0 Å². The van der Waals surface area contributed by atoms with Crippen molar-refractivity contribution >= 4 is 22.8 Å². The van der Waals surface area contributed by atoms with Gasteiger partial charge in [-0.3, -0.25) is 4.79 Å². The van der Waals surface area contributed by atoms with E-state index in [2.05, 4.69) is 28.7 Å². The minimum atomic E-state index is -0.202. The van der Waals surface area contributed by atoms with Crippen molar-refractivity contribution < 1.29 is 14.3 Å². The van der Waals surface area contributed by atoms with E-state index < -0.39 is 0 Å². The van der Waals surface area contributed by atoms with E-state index in [0.717, 1.165) is 45.9 Å². The Balaban J connectivity index is 1.80. The van der Waals surface area contributed by atoms with Gasteiger partial charge in [0.2, 0.25) is 0 Å². The molecule has 0 atom stereocenters. The minimum absolute atomic E-state index is 0.202. The maximum absolute atomic E-state index is 13.2. The average Bonchev–Trinajstić information content (AvgIpc) is 3.33. The smallest absolute Gasteiger partial charge is 0.256 e. The van der Waals surface area contributed by atoms with E-state index in [9.17, 15) is 4.79 Å². The van der Waals surface area contributed by atoms with Crippen LogP contribution < -0.4 is 10.1 Å². The van der Waals surface area contributed by atoms with Crippen molar-refractivity contribution in [2.75, 3.05) is 26.1 Å². The first kappa shape index (κ1) is 21.6. The summed E-state index contributed by atoms with van der Waals surface area (Å²) in [6.45, 7) is 5.48. The molecule has 0 aliphatic carbocycles. The molecule has 0 aliphatic heterocycles. The van der Waals surface area contributed by atoms with Crippen LogP contribution in [0.5, 0.6) is 5.75 Å². The molecule has 7 heteroatoms. The maximum atomic E-state index is 13.2. The Kier molecular flexibility index (Phi) is 6.28. The molecule has 2 aromatic carbocycles. The van der Waals surface area contributed by atoms with Gasteiger partial charge >= 0.3 is 0 Å². The van der Waals surface area contributed by atoms with Gasteiger partial charge in [0.25, 0.3) is 5.91 Å². The van der Waals surface area contributed by atoms with Crippen LogP contribution in [0, 0.1) is 13.8 Å². The molecule has 0 radical (unpaired) electrons. The van der Waals surface area contributed by atoms with Gasteiger partial charge in [0.15, 0.2) is 0 Å². The molecule has 0 unspecified atom stereocenters. The number of imidazole rings is 1. The van der Waals surface area contributed by atoms with E-state index in [0.29, 0.717) is 24.5 Å². The summed E-state index contributed by atoms with van der Waals surface area (Å²) >= 11 is 0. The number of nitrogens with one attached hydrogen (secondary N) is 2. The number of nitrogens with zero attached hydrogens (tertiary/aromatic N) is 2. The number of ether oxygens (including phenoxy) is 2. The first-order valence-electron chi connectivity index (χ1n) is 10.6. The lowest BCUT2D eigenvalue weighted by Gasteiger charge is -2.14. The number of carbonyl (C=O) groups excluding carboxylic acids is 1. The largest absolute Gasteiger partial charge is 0.497 e. The van der Waals surface area contributed by atoms with E-state index in [-0.39, 0.29) is 5.91 Å². The lowest BCUT2D eigenvalue weighted by Crippen LogP contribution is -2.17. The molecule has 0 spiro atoms. The number of aromatic nitrogens is 3. The lowest BCUT2D eigenvalue weighted by atomic mass is 10.1. The monoisotopic (exact) mass is 432 g/mol. The molecule has 0 saturated heterocycles. The normalized spacial score (nSPS) is 11.1. The predicted octanol–water partition coefficient (Wildman–Crippen LogP) is 4.95. The summed E-state index contributed by atoms with van der Waals surface area (Å²) in [5, 5.41) is 3.15. The van der Waals surface area contributed by atoms with Crippen molar-refractivity contribution in [1.82, 2.24) is 14.5 Å². The number of hydrogen-bond donors (Lipinski definition) is 2. The SMILES string of the molecule is COCCCn1c(C)c(C)c(-c2nc3ccccc3[nH]2)c1NC(=O)c1cccc(OC)c1. The van der Waals surface area contributed by atoms with Crippen molar-refractivity contribution in [3.8, 4) is 17.1 Å². The topological polar surface area (TPSA) is 81.2 Å². The third-order valence-electron chi connectivity index (χ3n) is 5.75. The van der Waals surface area contributed by atoms with Gasteiger partial charge in [0, 0.05) is 31.5 Å². The van der Waals surface area contributed by atoms with E-state index in [4.69, 9.17) is 14.5 Å². The maximum Gasteiger partial charge on any atom is 0.256 e. The van der Waals surface area contributed by atoms with Gasteiger partial charge in [-0.25, -0.2) is 4.98 Å². The highest BCUT2D eigenvalue weighted by Crippen LogP contribution is 2.36. The van der Waals surface area contributed by atoms with E-state index in [1.807, 2.05) is 36.4 Å². The second-order valence-corrected chi connectivity index (χ2v) is 7.72. The van der Waals surface area contributed by atoms with Crippen LogP contribution in [-0.4, -0.2) is 41.3 Å². The number of anilines is 1. The summed E-state index contributed by atoms with van der Waals surface area (Å²) in [6, 6.07) is 15.0. The first-order chi connectivity index (χ1) is 15.5. The number of hydrogen-bond acceptors (Lipinski definition) is 4. The molecule has 166 valence electrons. The van der Waals surface area contributed by atoms with Crippen molar-refractivity contribution in [2.24, 2.45) is 0 Å². The van der Waals surface area contributed by atoms with Gasteiger partial charge in [-0.2, -0.15) is 0 Å². The van der Waals surface area contributed by atoms with Crippen LogP contribution in [0.2, 0.25) is 0 Å². The molecule has 2 N–H and O–H groups in total. The van der Waals surface area contributed by atoms with Crippen LogP contribution in [0.3, 0.4) is 0 Å². The molecule has 4 aromatic rings. The fourth-order valence-electron chi connectivity index (χ4n) is 3.95. The molecular weight excluding hydrogens is 404 g/mol. The Morgan fingerprint density at radius 2 is 1.94 bits per heavy atom. The predicted molar refractivity (Wildman–Crippen MR) is 126 cm³/mol. The van der Waals surface area contributed by atoms with Crippen LogP contribution in [-0.2, 0) is 11.3 Å². The summed E-state index contributed by atoms with van der Waals surface area (Å²) in [7, 11) is 3.28. The van der Waals surface area contributed by atoms with Gasteiger partial charge < -0.3 is 24.3 Å². The number of methoxy groups -OCH3 is 2. The molecule has 0 saturated carbocycles. The van der Waals surface area contributed by atoms with Crippen molar-refractivity contribution in [3.63, 3.8) is 0 Å². The van der Waals surface area contributed by atoms with E-state index in [1.54, 1.807) is 26.4 Å². The van der Waals surface area contributed by atoms with E-state index >= 15 is 0 Å². The highest BCUT2D eigenvalue weighted by molar-refractivity contribution is 6.06. The number of amides is 1. The molecule has 1 amide bonds. The molecule has 2 heterocycles. The van der Waals surface area contributed by atoms with Gasteiger partial charge in [0.1, 0.15) is 17.4 Å². The fraction of sp³-hybridized carbons (Fsp3) is 0.280. The molecule has 4 rings (SSSR count). The fourth-order valence-corrected chi connectivity index (χ4v) is 3.95. The Bertz CT molecular complexity index is 1220. The van der Waals surface area contributed by atoms with Gasteiger partial charge in [-0.15, -0.1) is 0 Å². The number of rotatable bonds is 8. The molecule has 32 heavy (non-hydrogen) atoms. The number of fused-ring (bicyclic) bond motifs is 1.